The summed E-state index contributed by atoms with van der Waals surface area (Å²) in [4.78, 5) is 20.9. The van der Waals surface area contributed by atoms with E-state index >= 15 is 0 Å². The predicted molar refractivity (Wildman–Crippen MR) is 60.3 cm³/mol. The molecule has 1 heterocycles. The molecule has 1 rings (SSSR count). The first-order valence-corrected chi connectivity index (χ1v) is 5.29. The molecular weight excluding hydrogens is 230 g/mol. The summed E-state index contributed by atoms with van der Waals surface area (Å²) >= 11 is 5.57. The molecule has 0 saturated heterocycles. The van der Waals surface area contributed by atoms with Crippen molar-refractivity contribution in [3.05, 3.63) is 23.2 Å². The van der Waals surface area contributed by atoms with Crippen LogP contribution in [0.2, 0.25) is 5.15 Å². The monoisotopic (exact) mass is 243 g/mol. The van der Waals surface area contributed by atoms with E-state index in [1.54, 1.807) is 14.0 Å². The van der Waals surface area contributed by atoms with Gasteiger partial charge in [-0.25, -0.2) is 9.97 Å². The SMILES string of the molecule is CC(O)CCN(C)C(=O)c1cnc(Cl)cn1. The number of amides is 1. The number of hydrogen-bond donors (Lipinski definition) is 1. The van der Waals surface area contributed by atoms with E-state index in [0.717, 1.165) is 0 Å². The van der Waals surface area contributed by atoms with Crippen LogP contribution in [0.3, 0.4) is 0 Å². The van der Waals surface area contributed by atoms with Gasteiger partial charge in [-0.05, 0) is 13.3 Å². The molecule has 0 radical (unpaired) electrons. The average Bonchev–Trinajstić information content (AvgIpc) is 2.26. The van der Waals surface area contributed by atoms with Crippen LogP contribution in [0.1, 0.15) is 23.8 Å². The molecule has 0 aliphatic carbocycles. The topological polar surface area (TPSA) is 66.3 Å². The number of carbonyl (C=O) groups is 1. The number of aromatic nitrogens is 2. The van der Waals surface area contributed by atoms with Gasteiger partial charge >= 0.3 is 0 Å². The molecule has 1 amide bonds. The lowest BCUT2D eigenvalue weighted by Gasteiger charge is -2.17. The third-order valence-electron chi connectivity index (χ3n) is 2.07. The number of halogens is 1. The van der Waals surface area contributed by atoms with Crippen LogP contribution >= 0.6 is 11.6 Å². The second-order valence-corrected chi connectivity index (χ2v) is 3.98. The molecule has 1 aromatic rings. The fourth-order valence-corrected chi connectivity index (χ4v) is 1.20. The highest BCUT2D eigenvalue weighted by Gasteiger charge is 2.13. The molecule has 1 unspecified atom stereocenters. The van der Waals surface area contributed by atoms with Crippen LogP contribution in [0, 0.1) is 0 Å². The number of aliphatic hydroxyl groups is 1. The van der Waals surface area contributed by atoms with Gasteiger partial charge in [0.2, 0.25) is 0 Å². The molecule has 6 heteroatoms. The molecule has 1 atom stereocenters. The summed E-state index contributed by atoms with van der Waals surface area (Å²) < 4.78 is 0. The lowest BCUT2D eigenvalue weighted by Crippen LogP contribution is -2.30. The first-order chi connectivity index (χ1) is 7.50. The Labute approximate surface area is 99.1 Å². The third-order valence-corrected chi connectivity index (χ3v) is 2.26. The van der Waals surface area contributed by atoms with E-state index in [4.69, 9.17) is 16.7 Å². The maximum absolute atomic E-state index is 11.8. The minimum atomic E-state index is -0.424. The van der Waals surface area contributed by atoms with Crippen molar-refractivity contribution in [2.45, 2.75) is 19.4 Å². The van der Waals surface area contributed by atoms with E-state index in [9.17, 15) is 4.79 Å². The van der Waals surface area contributed by atoms with Crippen LogP contribution < -0.4 is 0 Å². The van der Waals surface area contributed by atoms with Gasteiger partial charge in [-0.2, -0.15) is 0 Å². The number of nitrogens with zero attached hydrogens (tertiary/aromatic N) is 3. The Kier molecular flexibility index (Phi) is 4.64. The minimum absolute atomic E-state index is 0.232. The second kappa shape index (κ2) is 5.77. The van der Waals surface area contributed by atoms with Crippen LogP contribution in [0.5, 0.6) is 0 Å². The van der Waals surface area contributed by atoms with Gasteiger partial charge in [0.05, 0.1) is 18.5 Å². The molecule has 88 valence electrons. The normalized spacial score (nSPS) is 12.2. The van der Waals surface area contributed by atoms with E-state index in [0.29, 0.717) is 13.0 Å². The van der Waals surface area contributed by atoms with Gasteiger partial charge in [-0.3, -0.25) is 4.79 Å². The maximum atomic E-state index is 11.8. The summed E-state index contributed by atoms with van der Waals surface area (Å²) in [7, 11) is 1.65. The first-order valence-electron chi connectivity index (χ1n) is 4.91. The van der Waals surface area contributed by atoms with Crippen LogP contribution in [-0.4, -0.2) is 45.6 Å². The lowest BCUT2D eigenvalue weighted by atomic mass is 10.2. The van der Waals surface area contributed by atoms with Crippen molar-refractivity contribution in [1.29, 1.82) is 0 Å². The van der Waals surface area contributed by atoms with Crippen LogP contribution in [-0.2, 0) is 0 Å². The summed E-state index contributed by atoms with van der Waals surface area (Å²) in [6.07, 6.45) is 2.77. The third kappa shape index (κ3) is 3.75. The van der Waals surface area contributed by atoms with Gasteiger partial charge in [0.1, 0.15) is 10.8 Å². The van der Waals surface area contributed by atoms with Crippen molar-refractivity contribution in [2.24, 2.45) is 0 Å². The predicted octanol–water partition coefficient (Wildman–Crippen LogP) is 0.973. The van der Waals surface area contributed by atoms with Gasteiger partial charge in [-0.1, -0.05) is 11.6 Å². The molecule has 0 saturated carbocycles. The van der Waals surface area contributed by atoms with Crippen molar-refractivity contribution >= 4 is 17.5 Å². The molecular formula is C10H14ClN3O2. The molecule has 0 aliphatic heterocycles. The smallest absolute Gasteiger partial charge is 0.273 e. The highest BCUT2D eigenvalue weighted by atomic mass is 35.5. The van der Waals surface area contributed by atoms with Crippen molar-refractivity contribution in [3.63, 3.8) is 0 Å². The number of rotatable bonds is 4. The Hall–Kier alpha value is -1.20. The van der Waals surface area contributed by atoms with Gasteiger partial charge in [0.25, 0.3) is 5.91 Å². The fourth-order valence-electron chi connectivity index (χ4n) is 1.10. The standard InChI is InChI=1S/C10H14ClN3O2/c1-7(15)3-4-14(2)10(16)8-5-13-9(11)6-12-8/h5-7,15H,3-4H2,1-2H3. The maximum Gasteiger partial charge on any atom is 0.273 e. The average molecular weight is 244 g/mol. The molecule has 16 heavy (non-hydrogen) atoms. The van der Waals surface area contributed by atoms with E-state index in [1.165, 1.54) is 17.3 Å². The van der Waals surface area contributed by atoms with E-state index < -0.39 is 6.10 Å². The quantitative estimate of drug-likeness (QED) is 0.856. The highest BCUT2D eigenvalue weighted by Crippen LogP contribution is 2.04. The van der Waals surface area contributed by atoms with Gasteiger partial charge in [0, 0.05) is 13.6 Å². The molecule has 5 nitrogen and oxygen atoms in total. The van der Waals surface area contributed by atoms with Crippen molar-refractivity contribution in [2.75, 3.05) is 13.6 Å². The molecule has 0 aliphatic rings. The van der Waals surface area contributed by atoms with Crippen LogP contribution in [0.15, 0.2) is 12.4 Å². The van der Waals surface area contributed by atoms with Crippen molar-refractivity contribution in [3.8, 4) is 0 Å². The number of carbonyl (C=O) groups excluding carboxylic acids is 1. The Morgan fingerprint density at radius 3 is 2.75 bits per heavy atom. The zero-order valence-electron chi connectivity index (χ0n) is 9.22. The number of hydrogen-bond acceptors (Lipinski definition) is 4. The van der Waals surface area contributed by atoms with Gasteiger partial charge in [-0.15, -0.1) is 0 Å². The largest absolute Gasteiger partial charge is 0.393 e. The summed E-state index contributed by atoms with van der Waals surface area (Å²) in [5, 5.41) is 9.36. The van der Waals surface area contributed by atoms with E-state index in [-0.39, 0.29) is 16.8 Å². The Bertz CT molecular complexity index is 354. The molecule has 1 N–H and O–H groups in total. The molecule has 0 bridgehead atoms. The zero-order valence-corrected chi connectivity index (χ0v) is 9.98. The summed E-state index contributed by atoms with van der Waals surface area (Å²) in [5.41, 5.74) is 0.248. The highest BCUT2D eigenvalue weighted by molar-refractivity contribution is 6.29. The summed E-state index contributed by atoms with van der Waals surface area (Å²) in [6, 6.07) is 0. The number of aliphatic hydroxyl groups excluding tert-OH is 1. The van der Waals surface area contributed by atoms with Crippen molar-refractivity contribution < 1.29 is 9.90 Å². The van der Waals surface area contributed by atoms with E-state index in [1.807, 2.05) is 0 Å². The Morgan fingerprint density at radius 2 is 2.25 bits per heavy atom. The van der Waals surface area contributed by atoms with E-state index in [2.05, 4.69) is 9.97 Å². The van der Waals surface area contributed by atoms with Gasteiger partial charge < -0.3 is 10.0 Å². The van der Waals surface area contributed by atoms with Gasteiger partial charge in [0.15, 0.2) is 0 Å². The fraction of sp³-hybridized carbons (Fsp3) is 0.500. The zero-order chi connectivity index (χ0) is 12.1. The minimum Gasteiger partial charge on any atom is -0.393 e. The van der Waals surface area contributed by atoms with Crippen LogP contribution in [0.25, 0.3) is 0 Å². The first kappa shape index (κ1) is 12.9. The summed E-state index contributed by atoms with van der Waals surface area (Å²) in [5.74, 6) is -0.232. The molecule has 0 fully saturated rings. The lowest BCUT2D eigenvalue weighted by molar-refractivity contribution is 0.0763. The summed E-state index contributed by atoms with van der Waals surface area (Å²) in [6.45, 7) is 2.15. The molecule has 0 spiro atoms. The van der Waals surface area contributed by atoms with Crippen molar-refractivity contribution in [1.82, 2.24) is 14.9 Å². The van der Waals surface area contributed by atoms with Crippen LogP contribution in [0.4, 0.5) is 0 Å². The molecule has 1 aromatic heterocycles. The molecule has 0 aromatic carbocycles. The second-order valence-electron chi connectivity index (χ2n) is 3.59. The Morgan fingerprint density at radius 1 is 1.56 bits per heavy atom. The Balaban J connectivity index is 2.60.